The molecule has 0 saturated carbocycles. The molecule has 1 fully saturated rings. The molecule has 3 atom stereocenters. The predicted octanol–water partition coefficient (Wildman–Crippen LogP) is 3.27. The SMILES string of the molecule is CC(NC(C)C1CCCN(C(=O)OC(C)(C)C)C1)C(F)F. The zero-order valence-electron chi connectivity index (χ0n) is 13.7. The minimum Gasteiger partial charge on any atom is -0.444 e. The van der Waals surface area contributed by atoms with Crippen LogP contribution in [0.4, 0.5) is 13.6 Å². The molecule has 1 amide bonds. The quantitative estimate of drug-likeness (QED) is 0.867. The molecule has 1 aliphatic rings. The molecule has 1 rings (SSSR count). The number of nitrogens with zero attached hydrogens (tertiary/aromatic N) is 1. The zero-order chi connectivity index (χ0) is 16.2. The number of ether oxygens (including phenoxy) is 1. The first-order valence-corrected chi connectivity index (χ1v) is 7.62. The number of nitrogens with one attached hydrogen (secondary N) is 1. The second-order valence-electron chi connectivity index (χ2n) is 6.91. The van der Waals surface area contributed by atoms with Crippen LogP contribution in [-0.4, -0.2) is 48.2 Å². The highest BCUT2D eigenvalue weighted by Crippen LogP contribution is 2.22. The molecule has 6 heteroatoms. The summed E-state index contributed by atoms with van der Waals surface area (Å²) in [5.41, 5.74) is -0.516. The van der Waals surface area contributed by atoms with E-state index in [1.807, 2.05) is 27.7 Å². The van der Waals surface area contributed by atoms with Gasteiger partial charge >= 0.3 is 6.09 Å². The van der Waals surface area contributed by atoms with Crippen molar-refractivity contribution in [3.05, 3.63) is 0 Å². The Balaban J connectivity index is 2.53. The fraction of sp³-hybridized carbons (Fsp3) is 0.933. The molecule has 1 saturated heterocycles. The number of piperidine rings is 1. The lowest BCUT2D eigenvalue weighted by Gasteiger charge is -2.37. The minimum absolute atomic E-state index is 0.0563. The summed E-state index contributed by atoms with van der Waals surface area (Å²) in [4.78, 5) is 13.8. The van der Waals surface area contributed by atoms with Crippen LogP contribution in [-0.2, 0) is 4.74 Å². The molecule has 1 aliphatic heterocycles. The molecule has 0 aromatic carbocycles. The molecule has 21 heavy (non-hydrogen) atoms. The second kappa shape index (κ2) is 7.38. The first-order valence-electron chi connectivity index (χ1n) is 7.62. The molecule has 1 N–H and O–H groups in total. The molecule has 0 radical (unpaired) electrons. The van der Waals surface area contributed by atoms with Gasteiger partial charge in [-0.25, -0.2) is 13.6 Å². The molecule has 0 aromatic heterocycles. The highest BCUT2D eigenvalue weighted by atomic mass is 19.3. The lowest BCUT2D eigenvalue weighted by Crippen LogP contribution is -2.50. The van der Waals surface area contributed by atoms with Crippen LogP contribution in [0.15, 0.2) is 0 Å². The van der Waals surface area contributed by atoms with Gasteiger partial charge in [0, 0.05) is 19.1 Å². The number of carbonyl (C=O) groups excluding carboxylic acids is 1. The maximum Gasteiger partial charge on any atom is 0.410 e. The fourth-order valence-electron chi connectivity index (χ4n) is 2.53. The fourth-order valence-corrected chi connectivity index (χ4v) is 2.53. The van der Waals surface area contributed by atoms with Crippen LogP contribution in [0.5, 0.6) is 0 Å². The van der Waals surface area contributed by atoms with E-state index in [1.165, 1.54) is 6.92 Å². The maximum absolute atomic E-state index is 12.6. The van der Waals surface area contributed by atoms with E-state index in [1.54, 1.807) is 4.90 Å². The normalized spacial score (nSPS) is 23.0. The van der Waals surface area contributed by atoms with Crippen molar-refractivity contribution in [3.63, 3.8) is 0 Å². The van der Waals surface area contributed by atoms with E-state index in [9.17, 15) is 13.6 Å². The van der Waals surface area contributed by atoms with Crippen molar-refractivity contribution in [3.8, 4) is 0 Å². The smallest absolute Gasteiger partial charge is 0.410 e. The first kappa shape index (κ1) is 18.1. The van der Waals surface area contributed by atoms with Crippen molar-refractivity contribution < 1.29 is 18.3 Å². The van der Waals surface area contributed by atoms with Gasteiger partial charge in [0.05, 0.1) is 6.04 Å². The largest absolute Gasteiger partial charge is 0.444 e. The molecule has 3 unspecified atom stereocenters. The Kier molecular flexibility index (Phi) is 6.38. The Morgan fingerprint density at radius 1 is 1.33 bits per heavy atom. The molecule has 0 bridgehead atoms. The second-order valence-corrected chi connectivity index (χ2v) is 6.91. The van der Waals surface area contributed by atoms with Crippen LogP contribution in [0, 0.1) is 5.92 Å². The van der Waals surface area contributed by atoms with Gasteiger partial charge in [0.1, 0.15) is 5.60 Å². The molecular formula is C15H28F2N2O2. The summed E-state index contributed by atoms with van der Waals surface area (Å²) in [7, 11) is 0. The van der Waals surface area contributed by atoms with E-state index in [0.29, 0.717) is 13.1 Å². The number of amides is 1. The molecule has 0 aliphatic carbocycles. The Labute approximate surface area is 126 Å². The monoisotopic (exact) mass is 306 g/mol. The van der Waals surface area contributed by atoms with E-state index in [-0.39, 0.29) is 18.1 Å². The summed E-state index contributed by atoms with van der Waals surface area (Å²) in [6.07, 6.45) is -0.887. The standard InChI is InChI=1S/C15H28F2N2O2/c1-10(18-11(2)13(16)17)12-7-6-8-19(9-12)14(20)21-15(3,4)5/h10-13,18H,6-9H2,1-5H3. The lowest BCUT2D eigenvalue weighted by molar-refractivity contribution is 0.0135. The summed E-state index contributed by atoms with van der Waals surface area (Å²) in [6.45, 7) is 10.1. The van der Waals surface area contributed by atoms with Gasteiger partial charge in [0.15, 0.2) is 0 Å². The Hall–Kier alpha value is -0.910. The van der Waals surface area contributed by atoms with E-state index in [2.05, 4.69) is 5.32 Å². The molecule has 4 nitrogen and oxygen atoms in total. The van der Waals surface area contributed by atoms with Crippen molar-refractivity contribution in [1.29, 1.82) is 0 Å². The van der Waals surface area contributed by atoms with Crippen molar-refractivity contribution >= 4 is 6.09 Å². The maximum atomic E-state index is 12.6. The van der Waals surface area contributed by atoms with E-state index in [4.69, 9.17) is 4.74 Å². The Morgan fingerprint density at radius 3 is 2.48 bits per heavy atom. The van der Waals surface area contributed by atoms with Crippen molar-refractivity contribution in [2.75, 3.05) is 13.1 Å². The van der Waals surface area contributed by atoms with Crippen LogP contribution in [0.2, 0.25) is 0 Å². The number of rotatable bonds is 4. The van der Waals surface area contributed by atoms with Gasteiger partial charge in [-0.3, -0.25) is 0 Å². The van der Waals surface area contributed by atoms with E-state index >= 15 is 0 Å². The molecular weight excluding hydrogens is 278 g/mol. The van der Waals surface area contributed by atoms with E-state index in [0.717, 1.165) is 12.8 Å². The Morgan fingerprint density at radius 2 is 1.95 bits per heavy atom. The average molecular weight is 306 g/mol. The van der Waals surface area contributed by atoms with Crippen molar-refractivity contribution in [2.45, 2.75) is 71.6 Å². The third-order valence-electron chi connectivity index (χ3n) is 3.72. The van der Waals surface area contributed by atoms with Gasteiger partial charge in [-0.15, -0.1) is 0 Å². The summed E-state index contributed by atoms with van der Waals surface area (Å²) >= 11 is 0. The molecule has 0 spiro atoms. The van der Waals surface area contributed by atoms with E-state index < -0.39 is 18.1 Å². The molecule has 124 valence electrons. The highest BCUT2D eigenvalue weighted by Gasteiger charge is 2.31. The number of carbonyl (C=O) groups is 1. The van der Waals surface area contributed by atoms with Gasteiger partial charge in [-0.05, 0) is 53.4 Å². The van der Waals surface area contributed by atoms with Crippen LogP contribution >= 0.6 is 0 Å². The third-order valence-corrected chi connectivity index (χ3v) is 3.72. The van der Waals surface area contributed by atoms with Gasteiger partial charge in [0.25, 0.3) is 6.43 Å². The third kappa shape index (κ3) is 6.16. The van der Waals surface area contributed by atoms with Gasteiger partial charge < -0.3 is 15.0 Å². The number of likely N-dealkylation sites (tertiary alicyclic amines) is 1. The number of halogens is 2. The van der Waals surface area contributed by atoms with Crippen LogP contribution in [0.25, 0.3) is 0 Å². The van der Waals surface area contributed by atoms with Gasteiger partial charge in [0.2, 0.25) is 0 Å². The van der Waals surface area contributed by atoms with Crippen molar-refractivity contribution in [1.82, 2.24) is 10.2 Å². The first-order chi connectivity index (χ1) is 9.60. The lowest BCUT2D eigenvalue weighted by atomic mass is 9.91. The summed E-state index contributed by atoms with van der Waals surface area (Å²) < 4.78 is 30.6. The Bertz CT molecular complexity index is 345. The summed E-state index contributed by atoms with van der Waals surface area (Å²) in [5.74, 6) is 0.174. The predicted molar refractivity (Wildman–Crippen MR) is 78.6 cm³/mol. The van der Waals surface area contributed by atoms with Crippen LogP contribution in [0.1, 0.15) is 47.5 Å². The van der Waals surface area contributed by atoms with Gasteiger partial charge in [-0.1, -0.05) is 0 Å². The average Bonchev–Trinajstić information content (AvgIpc) is 2.36. The molecule has 0 aromatic rings. The van der Waals surface area contributed by atoms with Crippen molar-refractivity contribution in [2.24, 2.45) is 5.92 Å². The van der Waals surface area contributed by atoms with Gasteiger partial charge in [-0.2, -0.15) is 0 Å². The number of hydrogen-bond donors (Lipinski definition) is 1. The highest BCUT2D eigenvalue weighted by molar-refractivity contribution is 5.68. The number of alkyl halides is 2. The topological polar surface area (TPSA) is 41.6 Å². The zero-order valence-corrected chi connectivity index (χ0v) is 13.7. The van der Waals surface area contributed by atoms with Crippen LogP contribution in [0.3, 0.4) is 0 Å². The minimum atomic E-state index is -2.38. The summed E-state index contributed by atoms with van der Waals surface area (Å²) in [6, 6.07) is -0.892. The molecule has 1 heterocycles. The van der Waals surface area contributed by atoms with Crippen LogP contribution < -0.4 is 5.32 Å². The number of hydrogen-bond acceptors (Lipinski definition) is 3. The summed E-state index contributed by atoms with van der Waals surface area (Å²) in [5, 5.41) is 2.93.